The van der Waals surface area contributed by atoms with Gasteiger partial charge in [-0.15, -0.1) is 10.2 Å². The number of nitrogens with zero attached hydrogens (tertiary/aromatic N) is 3. The molecule has 9 heteroatoms. The summed E-state index contributed by atoms with van der Waals surface area (Å²) < 4.78 is 51.0. The Morgan fingerprint density at radius 1 is 1.30 bits per heavy atom. The van der Waals surface area contributed by atoms with E-state index < -0.39 is 26.8 Å². The van der Waals surface area contributed by atoms with Crippen molar-refractivity contribution in [2.75, 3.05) is 0 Å². The van der Waals surface area contributed by atoms with Gasteiger partial charge < -0.3 is 0 Å². The van der Waals surface area contributed by atoms with Gasteiger partial charge in [-0.25, -0.2) is 22.3 Å². The summed E-state index contributed by atoms with van der Waals surface area (Å²) in [6, 6.07) is 3.55. The third kappa shape index (κ3) is 2.54. The molecule has 0 radical (unpaired) electrons. The minimum absolute atomic E-state index is 0.0760. The third-order valence-electron chi connectivity index (χ3n) is 2.61. The van der Waals surface area contributed by atoms with E-state index in [9.17, 15) is 17.2 Å². The summed E-state index contributed by atoms with van der Waals surface area (Å²) in [6.07, 6.45) is 0.546. The normalized spacial score (nSPS) is 11.8. The highest BCUT2D eigenvalue weighted by molar-refractivity contribution is 7.89. The predicted molar refractivity (Wildman–Crippen MR) is 67.0 cm³/mol. The fourth-order valence-corrected chi connectivity index (χ4v) is 2.44. The smallest absolute Gasteiger partial charge is 0.273 e. The van der Waals surface area contributed by atoms with Crippen LogP contribution in [0.15, 0.2) is 23.4 Å². The highest BCUT2D eigenvalue weighted by atomic mass is 32.2. The average Bonchev–Trinajstić information content (AvgIpc) is 2.77. The fraction of sp³-hybridized carbons (Fsp3) is 0.273. The monoisotopic (exact) mass is 302 g/mol. The molecule has 0 unspecified atom stereocenters. The minimum atomic E-state index is -4.09. The summed E-state index contributed by atoms with van der Waals surface area (Å²) in [4.78, 5) is 0. The van der Waals surface area contributed by atoms with Gasteiger partial charge in [0.25, 0.3) is 15.2 Å². The van der Waals surface area contributed by atoms with E-state index in [-0.39, 0.29) is 17.9 Å². The van der Waals surface area contributed by atoms with Gasteiger partial charge in [0.2, 0.25) is 0 Å². The largest absolute Gasteiger partial charge is 0.297 e. The maximum Gasteiger partial charge on any atom is 0.273 e. The van der Waals surface area contributed by atoms with Crippen LogP contribution >= 0.6 is 0 Å². The van der Waals surface area contributed by atoms with E-state index in [0.29, 0.717) is 6.42 Å². The van der Waals surface area contributed by atoms with Crippen LogP contribution < -0.4 is 5.14 Å². The molecule has 108 valence electrons. The lowest BCUT2D eigenvalue weighted by Crippen LogP contribution is -2.19. The Balaban J connectivity index is 2.69. The van der Waals surface area contributed by atoms with E-state index in [2.05, 4.69) is 10.2 Å². The molecule has 0 atom stereocenters. The van der Waals surface area contributed by atoms with Crippen LogP contribution in [0.3, 0.4) is 0 Å². The highest BCUT2D eigenvalue weighted by Crippen LogP contribution is 2.24. The molecule has 0 bridgehead atoms. The molecule has 20 heavy (non-hydrogen) atoms. The van der Waals surface area contributed by atoms with Gasteiger partial charge in [-0.05, 0) is 18.6 Å². The molecule has 1 aromatic heterocycles. The standard InChI is InChI=1S/C11H12F2N4O2S/c1-2-6-17-10(15-16-11(17)20(14,18)19)7-4-3-5-8(12)9(7)13/h3-5H,2,6H2,1H3,(H2,14,18,19). The second kappa shape index (κ2) is 5.25. The Kier molecular flexibility index (Phi) is 3.82. The first-order valence-electron chi connectivity index (χ1n) is 5.76. The number of hydrogen-bond donors (Lipinski definition) is 1. The molecule has 0 aliphatic heterocycles. The van der Waals surface area contributed by atoms with Crippen LogP contribution in [0.5, 0.6) is 0 Å². The molecule has 2 rings (SSSR count). The van der Waals surface area contributed by atoms with Crippen LogP contribution in [-0.4, -0.2) is 23.2 Å². The van der Waals surface area contributed by atoms with Crippen molar-refractivity contribution in [3.05, 3.63) is 29.8 Å². The van der Waals surface area contributed by atoms with E-state index >= 15 is 0 Å². The lowest BCUT2D eigenvalue weighted by Gasteiger charge is -2.08. The number of nitrogens with two attached hydrogens (primary N) is 1. The number of halogens is 2. The first-order chi connectivity index (χ1) is 9.36. The van der Waals surface area contributed by atoms with Gasteiger partial charge in [-0.3, -0.25) is 4.57 Å². The molecule has 1 aromatic carbocycles. The molecule has 2 aromatic rings. The van der Waals surface area contributed by atoms with Gasteiger partial charge in [0.1, 0.15) is 0 Å². The zero-order valence-corrected chi connectivity index (χ0v) is 11.4. The number of hydrogen-bond acceptors (Lipinski definition) is 4. The molecular formula is C11H12F2N4O2S. The molecule has 0 saturated carbocycles. The van der Waals surface area contributed by atoms with Crippen LogP contribution in [0.25, 0.3) is 11.4 Å². The Bertz CT molecular complexity index is 743. The third-order valence-corrected chi connectivity index (χ3v) is 3.42. The molecule has 0 fully saturated rings. The first-order valence-corrected chi connectivity index (χ1v) is 7.31. The van der Waals surface area contributed by atoms with Crippen molar-refractivity contribution in [1.82, 2.24) is 14.8 Å². The zero-order chi connectivity index (χ0) is 14.9. The second-order valence-electron chi connectivity index (χ2n) is 4.10. The molecule has 0 aliphatic rings. The topological polar surface area (TPSA) is 90.9 Å². The van der Waals surface area contributed by atoms with E-state index in [1.54, 1.807) is 6.92 Å². The van der Waals surface area contributed by atoms with Crippen molar-refractivity contribution in [3.8, 4) is 11.4 Å². The minimum Gasteiger partial charge on any atom is -0.297 e. The van der Waals surface area contributed by atoms with Crippen LogP contribution in [0.2, 0.25) is 0 Å². The summed E-state index contributed by atoms with van der Waals surface area (Å²) in [5.74, 6) is -2.24. The molecule has 1 heterocycles. The maximum atomic E-state index is 13.8. The lowest BCUT2D eigenvalue weighted by molar-refractivity contribution is 0.508. The quantitative estimate of drug-likeness (QED) is 0.921. The van der Waals surface area contributed by atoms with Crippen LogP contribution in [-0.2, 0) is 16.6 Å². The Hall–Kier alpha value is -1.87. The van der Waals surface area contributed by atoms with E-state index in [1.807, 2.05) is 0 Å². The number of sulfonamides is 1. The number of primary sulfonamides is 1. The van der Waals surface area contributed by atoms with Crippen LogP contribution in [0.4, 0.5) is 8.78 Å². The summed E-state index contributed by atoms with van der Waals surface area (Å²) in [5, 5.41) is 11.6. The van der Waals surface area contributed by atoms with Crippen molar-refractivity contribution in [1.29, 1.82) is 0 Å². The van der Waals surface area contributed by atoms with Crippen LogP contribution in [0, 0.1) is 11.6 Å². The highest BCUT2D eigenvalue weighted by Gasteiger charge is 2.23. The van der Waals surface area contributed by atoms with Gasteiger partial charge in [0, 0.05) is 6.54 Å². The molecule has 0 amide bonds. The Morgan fingerprint density at radius 3 is 2.60 bits per heavy atom. The first kappa shape index (κ1) is 14.5. The summed E-state index contributed by atoms with van der Waals surface area (Å²) in [7, 11) is -4.09. The summed E-state index contributed by atoms with van der Waals surface area (Å²) >= 11 is 0. The van der Waals surface area contributed by atoms with E-state index in [4.69, 9.17) is 5.14 Å². The van der Waals surface area contributed by atoms with Gasteiger partial charge in [-0.2, -0.15) is 0 Å². The molecule has 6 nitrogen and oxygen atoms in total. The zero-order valence-electron chi connectivity index (χ0n) is 10.5. The Labute approximate surface area is 114 Å². The van der Waals surface area contributed by atoms with E-state index in [1.165, 1.54) is 12.1 Å². The number of benzene rings is 1. The van der Waals surface area contributed by atoms with Crippen molar-refractivity contribution in [2.24, 2.45) is 5.14 Å². The molecule has 0 aliphatic carbocycles. The van der Waals surface area contributed by atoms with Gasteiger partial charge in [0.05, 0.1) is 5.56 Å². The summed E-state index contributed by atoms with van der Waals surface area (Å²) in [6.45, 7) is 2.00. The SMILES string of the molecule is CCCn1c(-c2cccc(F)c2F)nnc1S(N)(=O)=O. The number of aromatic nitrogens is 3. The van der Waals surface area contributed by atoms with Crippen molar-refractivity contribution in [3.63, 3.8) is 0 Å². The van der Waals surface area contributed by atoms with Crippen molar-refractivity contribution < 1.29 is 17.2 Å². The van der Waals surface area contributed by atoms with E-state index in [0.717, 1.165) is 10.6 Å². The predicted octanol–water partition coefficient (Wildman–Crippen LogP) is 1.28. The maximum absolute atomic E-state index is 13.8. The number of rotatable bonds is 4. The van der Waals surface area contributed by atoms with Crippen LogP contribution in [0.1, 0.15) is 13.3 Å². The second-order valence-corrected chi connectivity index (χ2v) is 5.56. The van der Waals surface area contributed by atoms with Crippen molar-refractivity contribution in [2.45, 2.75) is 25.0 Å². The molecule has 0 spiro atoms. The lowest BCUT2D eigenvalue weighted by atomic mass is 10.2. The molecule has 2 N–H and O–H groups in total. The molecule has 0 saturated heterocycles. The van der Waals surface area contributed by atoms with Gasteiger partial charge in [0.15, 0.2) is 17.5 Å². The Morgan fingerprint density at radius 2 is 2.00 bits per heavy atom. The fourth-order valence-electron chi connectivity index (χ4n) is 1.80. The van der Waals surface area contributed by atoms with Crippen molar-refractivity contribution >= 4 is 10.0 Å². The van der Waals surface area contributed by atoms with Gasteiger partial charge >= 0.3 is 0 Å². The average molecular weight is 302 g/mol. The van der Waals surface area contributed by atoms with Gasteiger partial charge in [-0.1, -0.05) is 13.0 Å². The summed E-state index contributed by atoms with van der Waals surface area (Å²) in [5.41, 5.74) is -0.166. The molecular weight excluding hydrogens is 290 g/mol.